The summed E-state index contributed by atoms with van der Waals surface area (Å²) in [4.78, 5) is 16.7. The number of rotatable bonds is 4. The molecule has 34 heavy (non-hydrogen) atoms. The number of nitrogens with one attached hydrogen (secondary N) is 2. The second kappa shape index (κ2) is 12.6. The molecule has 176 valence electrons. The van der Waals surface area contributed by atoms with E-state index in [0.29, 0.717) is 5.92 Å². The lowest BCUT2D eigenvalue weighted by Gasteiger charge is -2.56. The molecule has 4 heteroatoms. The van der Waals surface area contributed by atoms with Crippen LogP contribution in [0.4, 0.5) is 0 Å². The Kier molecular flexibility index (Phi) is 9.89. The lowest BCUT2D eigenvalue weighted by Crippen LogP contribution is -2.53. The first kappa shape index (κ1) is 26.7. The van der Waals surface area contributed by atoms with Crippen molar-refractivity contribution in [2.24, 2.45) is 11.8 Å². The number of carbonyl (C=O) groups excluding carboxylic acids is 2. The predicted molar refractivity (Wildman–Crippen MR) is 136 cm³/mol. The Hall–Kier alpha value is -3.58. The van der Waals surface area contributed by atoms with Crippen LogP contribution >= 0.6 is 0 Å². The SMILES string of the molecule is CC(C)C1CCC(C)(c2ccccc2)C(c2ccccc2)(c2ccccc2)C1.N=C=O.N=C=O. The van der Waals surface area contributed by atoms with E-state index in [9.17, 15) is 0 Å². The predicted octanol–water partition coefficient (Wildman–Crippen LogP) is 7.19. The van der Waals surface area contributed by atoms with Crippen LogP contribution in [0.5, 0.6) is 0 Å². The van der Waals surface area contributed by atoms with E-state index in [1.165, 1.54) is 36.0 Å². The van der Waals surface area contributed by atoms with Crippen molar-refractivity contribution >= 4 is 12.2 Å². The molecule has 1 aliphatic rings. The number of hydrogen-bond acceptors (Lipinski definition) is 4. The zero-order valence-electron chi connectivity index (χ0n) is 20.3. The summed E-state index contributed by atoms with van der Waals surface area (Å²) >= 11 is 0. The minimum absolute atomic E-state index is 0.0237. The molecule has 4 rings (SSSR count). The molecule has 3 aromatic carbocycles. The maximum absolute atomic E-state index is 8.35. The van der Waals surface area contributed by atoms with Crippen LogP contribution in [-0.2, 0) is 20.4 Å². The molecule has 3 aromatic rings. The van der Waals surface area contributed by atoms with E-state index in [2.05, 4.69) is 112 Å². The normalized spacial score (nSPS) is 20.4. The van der Waals surface area contributed by atoms with Gasteiger partial charge in [-0.25, -0.2) is 20.4 Å². The summed E-state index contributed by atoms with van der Waals surface area (Å²) < 4.78 is 0. The van der Waals surface area contributed by atoms with Crippen molar-refractivity contribution in [3.8, 4) is 0 Å². The average Bonchev–Trinajstić information content (AvgIpc) is 2.87. The molecule has 1 fully saturated rings. The van der Waals surface area contributed by atoms with E-state index >= 15 is 0 Å². The highest BCUT2D eigenvalue weighted by Crippen LogP contribution is 2.59. The Morgan fingerprint density at radius 3 is 1.44 bits per heavy atom. The standard InChI is InChI=1S/C28H32.2CHNO/c1-22(2)23-19-20-27(3,24-13-7-4-8-14-24)28(21-23,25-15-9-5-10-16-25)26-17-11-6-12-18-26;2*2-1-3/h4-18,22-23H,19-21H2,1-3H3;2*2H. The van der Waals surface area contributed by atoms with Gasteiger partial charge in [-0.15, -0.1) is 0 Å². The largest absolute Gasteiger partial charge is 0.231 e. The summed E-state index contributed by atoms with van der Waals surface area (Å²) in [6.45, 7) is 7.31. The van der Waals surface area contributed by atoms with Crippen LogP contribution in [0.3, 0.4) is 0 Å². The minimum atomic E-state index is -0.0237. The van der Waals surface area contributed by atoms with Crippen LogP contribution in [0.25, 0.3) is 0 Å². The quantitative estimate of drug-likeness (QED) is 0.323. The second-order valence-corrected chi connectivity index (χ2v) is 9.29. The third-order valence-electron chi connectivity index (χ3n) is 7.41. The highest BCUT2D eigenvalue weighted by atomic mass is 16.1. The van der Waals surface area contributed by atoms with Gasteiger partial charge in [0.15, 0.2) is 0 Å². The Labute approximate surface area is 203 Å². The van der Waals surface area contributed by atoms with E-state index < -0.39 is 0 Å². The fourth-order valence-corrected chi connectivity index (χ4v) is 5.66. The Morgan fingerprint density at radius 2 is 1.09 bits per heavy atom. The first-order chi connectivity index (χ1) is 16.4. The highest BCUT2D eigenvalue weighted by molar-refractivity contribution is 5.49. The van der Waals surface area contributed by atoms with E-state index in [-0.39, 0.29) is 10.8 Å². The van der Waals surface area contributed by atoms with Gasteiger partial charge in [0.2, 0.25) is 12.2 Å². The minimum Gasteiger partial charge on any atom is -0.222 e. The number of benzene rings is 3. The fraction of sp³-hybridized carbons (Fsp3) is 0.333. The first-order valence-electron chi connectivity index (χ1n) is 11.7. The third-order valence-corrected chi connectivity index (χ3v) is 7.41. The molecule has 2 atom stereocenters. The van der Waals surface area contributed by atoms with Gasteiger partial charge in [0, 0.05) is 10.8 Å². The molecule has 1 aliphatic carbocycles. The van der Waals surface area contributed by atoms with Gasteiger partial charge in [-0.2, -0.15) is 0 Å². The zero-order chi connectivity index (χ0) is 25.0. The van der Waals surface area contributed by atoms with Crippen molar-refractivity contribution in [2.75, 3.05) is 0 Å². The average molecular weight is 455 g/mol. The van der Waals surface area contributed by atoms with Gasteiger partial charge in [-0.05, 0) is 47.8 Å². The summed E-state index contributed by atoms with van der Waals surface area (Å²) in [6.07, 6.45) is 5.21. The van der Waals surface area contributed by atoms with Crippen molar-refractivity contribution in [3.05, 3.63) is 108 Å². The smallest absolute Gasteiger partial charge is 0.222 e. The van der Waals surface area contributed by atoms with Gasteiger partial charge < -0.3 is 0 Å². The van der Waals surface area contributed by atoms with Crippen LogP contribution in [0.1, 0.15) is 56.7 Å². The van der Waals surface area contributed by atoms with Gasteiger partial charge in [0.1, 0.15) is 0 Å². The van der Waals surface area contributed by atoms with Crippen molar-refractivity contribution in [3.63, 3.8) is 0 Å². The van der Waals surface area contributed by atoms with E-state index in [1.807, 2.05) is 0 Å². The molecule has 0 saturated heterocycles. The van der Waals surface area contributed by atoms with E-state index in [4.69, 9.17) is 20.4 Å². The van der Waals surface area contributed by atoms with Crippen LogP contribution in [0.15, 0.2) is 91.0 Å². The van der Waals surface area contributed by atoms with E-state index in [0.717, 1.165) is 18.1 Å². The summed E-state index contributed by atoms with van der Waals surface area (Å²) in [6, 6.07) is 33.8. The molecule has 0 amide bonds. The van der Waals surface area contributed by atoms with E-state index in [1.54, 1.807) is 0 Å². The topological polar surface area (TPSA) is 81.8 Å². The summed E-state index contributed by atoms with van der Waals surface area (Å²) in [5.41, 5.74) is 4.41. The monoisotopic (exact) mass is 454 g/mol. The fourth-order valence-electron chi connectivity index (χ4n) is 5.66. The van der Waals surface area contributed by atoms with Gasteiger partial charge in [0.05, 0.1) is 0 Å². The number of hydrogen-bond donors (Lipinski definition) is 2. The van der Waals surface area contributed by atoms with Crippen LogP contribution < -0.4 is 0 Å². The Balaban J connectivity index is 0.000000618. The molecule has 4 nitrogen and oxygen atoms in total. The maximum Gasteiger partial charge on any atom is 0.231 e. The van der Waals surface area contributed by atoms with Gasteiger partial charge in [0.25, 0.3) is 0 Å². The van der Waals surface area contributed by atoms with Crippen molar-refractivity contribution < 1.29 is 9.59 Å². The molecule has 0 aromatic heterocycles. The maximum atomic E-state index is 8.35. The summed E-state index contributed by atoms with van der Waals surface area (Å²) in [7, 11) is 0. The summed E-state index contributed by atoms with van der Waals surface area (Å²) in [5.74, 6) is 1.43. The van der Waals surface area contributed by atoms with Gasteiger partial charge in [-0.3, -0.25) is 0 Å². The molecule has 0 heterocycles. The van der Waals surface area contributed by atoms with Crippen molar-refractivity contribution in [1.29, 1.82) is 10.8 Å². The second-order valence-electron chi connectivity index (χ2n) is 9.29. The lowest BCUT2D eigenvalue weighted by atomic mass is 9.47. The molecule has 0 spiro atoms. The van der Waals surface area contributed by atoms with Gasteiger partial charge in [-0.1, -0.05) is 112 Å². The molecule has 2 N–H and O–H groups in total. The van der Waals surface area contributed by atoms with Crippen LogP contribution in [0, 0.1) is 22.7 Å². The molecule has 2 unspecified atom stereocenters. The van der Waals surface area contributed by atoms with Crippen molar-refractivity contribution in [1.82, 2.24) is 0 Å². The third kappa shape index (κ3) is 5.48. The molecule has 0 radical (unpaired) electrons. The van der Waals surface area contributed by atoms with Gasteiger partial charge >= 0.3 is 0 Å². The molecule has 0 bridgehead atoms. The Bertz CT molecular complexity index is 1020. The molecule has 1 saturated carbocycles. The van der Waals surface area contributed by atoms with Crippen molar-refractivity contribution in [2.45, 2.75) is 50.9 Å². The highest BCUT2D eigenvalue weighted by Gasteiger charge is 2.54. The molecule has 0 aliphatic heterocycles. The van der Waals surface area contributed by atoms with Crippen LogP contribution in [-0.4, -0.2) is 12.2 Å². The summed E-state index contributed by atoms with van der Waals surface area (Å²) in [5, 5.41) is 10.8. The van der Waals surface area contributed by atoms with Crippen LogP contribution in [0.2, 0.25) is 0 Å². The number of isocyanates is 2. The molecular weight excluding hydrogens is 420 g/mol. The zero-order valence-corrected chi connectivity index (χ0v) is 20.3. The molecular formula is C30H34N2O2. The Morgan fingerprint density at radius 1 is 0.735 bits per heavy atom. The lowest BCUT2D eigenvalue weighted by molar-refractivity contribution is 0.117. The first-order valence-corrected chi connectivity index (χ1v) is 11.7.